The van der Waals surface area contributed by atoms with Crippen LogP contribution in [0.15, 0.2) is 24.3 Å². The Balaban J connectivity index is 1.84. The summed E-state index contributed by atoms with van der Waals surface area (Å²) in [6.45, 7) is 2.53. The van der Waals surface area contributed by atoms with Crippen LogP contribution < -0.4 is 15.4 Å². The van der Waals surface area contributed by atoms with E-state index in [0.717, 1.165) is 23.5 Å². The zero-order chi connectivity index (χ0) is 13.7. The van der Waals surface area contributed by atoms with Gasteiger partial charge in [-0.3, -0.25) is 0 Å². The summed E-state index contributed by atoms with van der Waals surface area (Å²) in [5.41, 5.74) is 1.05. The van der Waals surface area contributed by atoms with E-state index >= 15 is 0 Å². The fourth-order valence-corrected chi connectivity index (χ4v) is 2.66. The van der Waals surface area contributed by atoms with Crippen LogP contribution in [0, 0.1) is 0 Å². The third-order valence-electron chi connectivity index (χ3n) is 3.14. The molecule has 2 atom stereocenters. The zero-order valence-corrected chi connectivity index (χ0v) is 12.1. The molecule has 0 aliphatic carbocycles. The molecule has 5 heteroatoms. The van der Waals surface area contributed by atoms with E-state index in [1.165, 1.54) is 0 Å². The van der Waals surface area contributed by atoms with Gasteiger partial charge in [-0.25, -0.2) is 4.79 Å². The second-order valence-electron chi connectivity index (χ2n) is 4.70. The van der Waals surface area contributed by atoms with E-state index in [1.54, 1.807) is 11.8 Å². The van der Waals surface area contributed by atoms with Crippen molar-refractivity contribution in [3.63, 3.8) is 0 Å². The maximum Gasteiger partial charge on any atom is 0.315 e. The fourth-order valence-electron chi connectivity index (χ4n) is 2.07. The molecule has 0 unspecified atom stereocenters. The van der Waals surface area contributed by atoms with Gasteiger partial charge in [-0.15, -0.1) is 0 Å². The van der Waals surface area contributed by atoms with Crippen molar-refractivity contribution in [2.24, 2.45) is 0 Å². The quantitative estimate of drug-likeness (QED) is 0.871. The predicted molar refractivity (Wildman–Crippen MR) is 78.8 cm³/mol. The number of carbonyl (C=O) groups is 1. The molecule has 19 heavy (non-hydrogen) atoms. The maximum atomic E-state index is 11.9. The average molecular weight is 280 g/mol. The third kappa shape index (κ3) is 3.80. The van der Waals surface area contributed by atoms with E-state index in [4.69, 9.17) is 4.74 Å². The standard InChI is InChI=1S/C14H20N2O2S/c1-10(7-8-19-2)15-14(17)16-12-9-18-13-6-4-3-5-11(12)13/h3-6,10,12H,7-9H2,1-2H3,(H2,15,16,17)/t10-,12-/m0/s1. The van der Waals surface area contributed by atoms with E-state index in [-0.39, 0.29) is 18.1 Å². The fraction of sp³-hybridized carbons (Fsp3) is 0.500. The molecule has 1 aromatic carbocycles. The van der Waals surface area contributed by atoms with Crippen LogP contribution in [0.2, 0.25) is 0 Å². The predicted octanol–water partition coefficient (Wildman–Crippen LogP) is 2.56. The minimum absolute atomic E-state index is 0.0519. The van der Waals surface area contributed by atoms with E-state index in [2.05, 4.69) is 16.9 Å². The van der Waals surface area contributed by atoms with E-state index in [0.29, 0.717) is 6.61 Å². The number of fused-ring (bicyclic) bond motifs is 1. The highest BCUT2D eigenvalue weighted by Crippen LogP contribution is 2.31. The highest BCUT2D eigenvalue weighted by molar-refractivity contribution is 7.98. The van der Waals surface area contributed by atoms with Crippen LogP contribution in [-0.4, -0.2) is 30.7 Å². The lowest BCUT2D eigenvalue weighted by molar-refractivity contribution is 0.229. The summed E-state index contributed by atoms with van der Waals surface area (Å²) in [5.74, 6) is 1.92. The van der Waals surface area contributed by atoms with Gasteiger partial charge in [0.05, 0.1) is 6.04 Å². The number of hydrogen-bond acceptors (Lipinski definition) is 3. The lowest BCUT2D eigenvalue weighted by Gasteiger charge is -2.17. The molecule has 104 valence electrons. The molecule has 2 N–H and O–H groups in total. The van der Waals surface area contributed by atoms with E-state index in [1.807, 2.05) is 31.2 Å². The topological polar surface area (TPSA) is 50.4 Å². The molecule has 0 aromatic heterocycles. The third-order valence-corrected chi connectivity index (χ3v) is 3.78. The number of rotatable bonds is 5. The molecule has 1 aliphatic rings. The van der Waals surface area contributed by atoms with Crippen LogP contribution >= 0.6 is 11.8 Å². The van der Waals surface area contributed by atoms with Crippen LogP contribution in [0.4, 0.5) is 4.79 Å². The summed E-state index contributed by atoms with van der Waals surface area (Å²) in [6, 6.07) is 7.82. The van der Waals surface area contributed by atoms with Gasteiger partial charge in [0.25, 0.3) is 0 Å². The van der Waals surface area contributed by atoms with Gasteiger partial charge in [-0.2, -0.15) is 11.8 Å². The summed E-state index contributed by atoms with van der Waals surface area (Å²) in [6.07, 6.45) is 3.05. The van der Waals surface area contributed by atoms with Gasteiger partial charge in [0.15, 0.2) is 0 Å². The number of para-hydroxylation sites is 1. The number of urea groups is 1. The Morgan fingerprint density at radius 2 is 2.32 bits per heavy atom. The van der Waals surface area contributed by atoms with Gasteiger partial charge in [0.1, 0.15) is 12.4 Å². The lowest BCUT2D eigenvalue weighted by Crippen LogP contribution is -2.42. The first kappa shape index (κ1) is 14.1. The zero-order valence-electron chi connectivity index (χ0n) is 11.3. The van der Waals surface area contributed by atoms with Crippen molar-refractivity contribution in [3.8, 4) is 5.75 Å². The molecule has 0 bridgehead atoms. The number of nitrogens with one attached hydrogen (secondary N) is 2. The first-order valence-electron chi connectivity index (χ1n) is 6.48. The minimum atomic E-state index is -0.126. The molecule has 2 rings (SSSR count). The smallest absolute Gasteiger partial charge is 0.315 e. The average Bonchev–Trinajstić information content (AvgIpc) is 2.80. The molecule has 1 aromatic rings. The van der Waals surface area contributed by atoms with Crippen LogP contribution in [0.3, 0.4) is 0 Å². The lowest BCUT2D eigenvalue weighted by atomic mass is 10.1. The first-order valence-corrected chi connectivity index (χ1v) is 7.87. The van der Waals surface area contributed by atoms with Crippen molar-refractivity contribution < 1.29 is 9.53 Å². The van der Waals surface area contributed by atoms with Gasteiger partial charge in [0.2, 0.25) is 0 Å². The molecule has 0 radical (unpaired) electrons. The van der Waals surface area contributed by atoms with Crippen molar-refractivity contribution >= 4 is 17.8 Å². The molecular formula is C14H20N2O2S. The van der Waals surface area contributed by atoms with Gasteiger partial charge < -0.3 is 15.4 Å². The van der Waals surface area contributed by atoms with Crippen molar-refractivity contribution in [2.75, 3.05) is 18.6 Å². The SMILES string of the molecule is CSCC[C@H](C)NC(=O)N[C@H]1COc2ccccc21. The molecular weight excluding hydrogens is 260 g/mol. The van der Waals surface area contributed by atoms with Crippen molar-refractivity contribution in [2.45, 2.75) is 25.4 Å². The van der Waals surface area contributed by atoms with Crippen LogP contribution in [-0.2, 0) is 0 Å². The number of amides is 2. The van der Waals surface area contributed by atoms with Gasteiger partial charge in [-0.05, 0) is 31.4 Å². The van der Waals surface area contributed by atoms with Crippen LogP contribution in [0.25, 0.3) is 0 Å². The molecule has 4 nitrogen and oxygen atoms in total. The Morgan fingerprint density at radius 3 is 3.11 bits per heavy atom. The Bertz CT molecular complexity index is 439. The monoisotopic (exact) mass is 280 g/mol. The molecule has 0 saturated carbocycles. The number of hydrogen-bond donors (Lipinski definition) is 2. The van der Waals surface area contributed by atoms with Crippen LogP contribution in [0.1, 0.15) is 24.9 Å². The number of carbonyl (C=O) groups excluding carboxylic acids is 1. The molecule has 1 heterocycles. The highest BCUT2D eigenvalue weighted by atomic mass is 32.2. The van der Waals surface area contributed by atoms with Gasteiger partial charge in [-0.1, -0.05) is 18.2 Å². The van der Waals surface area contributed by atoms with Crippen molar-refractivity contribution in [3.05, 3.63) is 29.8 Å². The van der Waals surface area contributed by atoms with E-state index in [9.17, 15) is 4.79 Å². The molecule has 1 aliphatic heterocycles. The van der Waals surface area contributed by atoms with Gasteiger partial charge in [0, 0.05) is 11.6 Å². The van der Waals surface area contributed by atoms with E-state index < -0.39 is 0 Å². The Labute approximate surface area is 118 Å². The molecule has 2 amide bonds. The van der Waals surface area contributed by atoms with Crippen molar-refractivity contribution in [1.82, 2.24) is 10.6 Å². The first-order chi connectivity index (χ1) is 9.20. The molecule has 0 saturated heterocycles. The van der Waals surface area contributed by atoms with Crippen molar-refractivity contribution in [1.29, 1.82) is 0 Å². The summed E-state index contributed by atoms with van der Waals surface area (Å²) in [4.78, 5) is 11.9. The number of benzene rings is 1. The summed E-state index contributed by atoms with van der Waals surface area (Å²) in [5, 5.41) is 5.91. The summed E-state index contributed by atoms with van der Waals surface area (Å²) in [7, 11) is 0. The van der Waals surface area contributed by atoms with Gasteiger partial charge >= 0.3 is 6.03 Å². The Hall–Kier alpha value is -1.36. The molecule has 0 spiro atoms. The highest BCUT2D eigenvalue weighted by Gasteiger charge is 2.25. The number of ether oxygens (including phenoxy) is 1. The normalized spacial score (nSPS) is 18.3. The second kappa shape index (κ2) is 6.70. The largest absolute Gasteiger partial charge is 0.491 e. The van der Waals surface area contributed by atoms with Crippen LogP contribution in [0.5, 0.6) is 5.75 Å². The summed E-state index contributed by atoms with van der Waals surface area (Å²) >= 11 is 1.79. The maximum absolute atomic E-state index is 11.9. The Kier molecular flexibility index (Phi) is 4.96. The second-order valence-corrected chi connectivity index (χ2v) is 5.69. The number of thioether (sulfide) groups is 1. The Morgan fingerprint density at radius 1 is 1.53 bits per heavy atom. The molecule has 0 fully saturated rings. The summed E-state index contributed by atoms with van der Waals surface area (Å²) < 4.78 is 5.54. The minimum Gasteiger partial charge on any atom is -0.491 e.